The molecule has 2 rings (SSSR count). The molecule has 0 amide bonds. The topological polar surface area (TPSA) is 24.1 Å². The summed E-state index contributed by atoms with van der Waals surface area (Å²) in [5.74, 6) is 0. The Hall–Kier alpha value is -1.12. The van der Waals surface area contributed by atoms with Crippen LogP contribution < -0.4 is 10.6 Å². The van der Waals surface area contributed by atoms with E-state index < -0.39 is 0 Å². The first-order chi connectivity index (χ1) is 8.34. The van der Waals surface area contributed by atoms with Crippen LogP contribution in [0.4, 0.5) is 0 Å². The molecule has 2 N–H and O–H groups in total. The third kappa shape index (κ3) is 4.33. The molecule has 1 saturated heterocycles. The lowest BCUT2D eigenvalue weighted by Crippen LogP contribution is -2.34. The summed E-state index contributed by atoms with van der Waals surface area (Å²) in [6, 6.07) is 11.2. The van der Waals surface area contributed by atoms with Gasteiger partial charge in [0.25, 0.3) is 0 Å². The van der Waals surface area contributed by atoms with Gasteiger partial charge in [0, 0.05) is 19.1 Å². The molecule has 0 saturated carbocycles. The van der Waals surface area contributed by atoms with Gasteiger partial charge in [0.05, 0.1) is 0 Å². The monoisotopic (exact) mass is 230 g/mol. The lowest BCUT2D eigenvalue weighted by molar-refractivity contribution is 0.551. The van der Waals surface area contributed by atoms with E-state index in [2.05, 4.69) is 54.0 Å². The second-order valence-corrected chi connectivity index (χ2v) is 4.83. The van der Waals surface area contributed by atoms with E-state index in [9.17, 15) is 0 Å². The average molecular weight is 230 g/mol. The van der Waals surface area contributed by atoms with Crippen LogP contribution in [-0.2, 0) is 0 Å². The van der Waals surface area contributed by atoms with Gasteiger partial charge in [0.2, 0.25) is 0 Å². The highest BCUT2D eigenvalue weighted by Gasteiger charge is 2.12. The second kappa shape index (κ2) is 6.58. The Morgan fingerprint density at radius 1 is 1.41 bits per heavy atom. The lowest BCUT2D eigenvalue weighted by atomic mass is 10.1. The number of rotatable bonds is 5. The second-order valence-electron chi connectivity index (χ2n) is 4.83. The first-order valence-corrected chi connectivity index (χ1v) is 6.51. The number of nitrogens with one attached hydrogen (secondary N) is 2. The third-order valence-corrected chi connectivity index (χ3v) is 3.17. The highest BCUT2D eigenvalue weighted by Crippen LogP contribution is 2.06. The molecule has 17 heavy (non-hydrogen) atoms. The van der Waals surface area contributed by atoms with Crippen LogP contribution in [0.2, 0.25) is 0 Å². The summed E-state index contributed by atoms with van der Waals surface area (Å²) < 4.78 is 0. The van der Waals surface area contributed by atoms with Crippen molar-refractivity contribution in [2.45, 2.75) is 25.8 Å². The number of hydrogen-bond donors (Lipinski definition) is 2. The molecule has 0 radical (unpaired) electrons. The van der Waals surface area contributed by atoms with Crippen LogP contribution in [0.15, 0.2) is 35.9 Å². The quantitative estimate of drug-likeness (QED) is 0.812. The first kappa shape index (κ1) is 12.3. The molecular weight excluding hydrogens is 208 g/mol. The molecule has 1 aromatic rings. The molecule has 1 heterocycles. The van der Waals surface area contributed by atoms with Gasteiger partial charge in [-0.25, -0.2) is 0 Å². The standard InChI is InChI=1S/C15H22N2/c1-13(10-14-6-3-2-4-7-14)11-16-12-15-8-5-9-17-15/h2-4,6-7,10,15-17H,5,8-9,11-12H2,1H3/b13-10+. The van der Waals surface area contributed by atoms with Crippen molar-refractivity contribution in [2.24, 2.45) is 0 Å². The summed E-state index contributed by atoms with van der Waals surface area (Å²) >= 11 is 0. The van der Waals surface area contributed by atoms with Crippen molar-refractivity contribution in [2.75, 3.05) is 19.6 Å². The molecule has 2 heteroatoms. The molecule has 1 aromatic carbocycles. The van der Waals surface area contributed by atoms with Crippen LogP contribution in [0.25, 0.3) is 6.08 Å². The van der Waals surface area contributed by atoms with E-state index in [1.165, 1.54) is 30.5 Å². The Balaban J connectivity index is 1.73. The van der Waals surface area contributed by atoms with E-state index in [0.29, 0.717) is 6.04 Å². The summed E-state index contributed by atoms with van der Waals surface area (Å²) in [5, 5.41) is 7.01. The smallest absolute Gasteiger partial charge is 0.0193 e. The van der Waals surface area contributed by atoms with Crippen LogP contribution in [0.1, 0.15) is 25.3 Å². The molecule has 1 unspecified atom stereocenters. The Kier molecular flexibility index (Phi) is 4.77. The van der Waals surface area contributed by atoms with Gasteiger partial charge in [-0.3, -0.25) is 0 Å². The zero-order valence-electron chi connectivity index (χ0n) is 10.6. The van der Waals surface area contributed by atoms with Gasteiger partial charge in [0.15, 0.2) is 0 Å². The minimum absolute atomic E-state index is 0.680. The molecule has 1 aliphatic rings. The Labute approximate surface area is 104 Å². The summed E-state index contributed by atoms with van der Waals surface area (Å²) in [7, 11) is 0. The first-order valence-electron chi connectivity index (χ1n) is 6.51. The molecular formula is C15H22N2. The van der Waals surface area contributed by atoms with E-state index in [-0.39, 0.29) is 0 Å². The average Bonchev–Trinajstić information content (AvgIpc) is 2.83. The molecule has 1 aliphatic heterocycles. The predicted molar refractivity (Wildman–Crippen MR) is 74.0 cm³/mol. The zero-order chi connectivity index (χ0) is 11.9. The van der Waals surface area contributed by atoms with Gasteiger partial charge in [0.1, 0.15) is 0 Å². The fourth-order valence-electron chi connectivity index (χ4n) is 2.26. The number of benzene rings is 1. The maximum Gasteiger partial charge on any atom is 0.0193 e. The molecule has 92 valence electrons. The van der Waals surface area contributed by atoms with Crippen LogP contribution in [0.3, 0.4) is 0 Å². The summed E-state index contributed by atoms with van der Waals surface area (Å²) in [6.45, 7) is 5.43. The van der Waals surface area contributed by atoms with Crippen LogP contribution >= 0.6 is 0 Å². The summed E-state index contributed by atoms with van der Waals surface area (Å²) in [5.41, 5.74) is 2.67. The van der Waals surface area contributed by atoms with E-state index in [0.717, 1.165) is 13.1 Å². The van der Waals surface area contributed by atoms with Crippen LogP contribution in [0.5, 0.6) is 0 Å². The predicted octanol–water partition coefficient (Wildman–Crippen LogP) is 2.43. The highest BCUT2D eigenvalue weighted by atomic mass is 15.0. The van der Waals surface area contributed by atoms with Crippen molar-refractivity contribution in [3.8, 4) is 0 Å². The molecule has 0 aromatic heterocycles. The van der Waals surface area contributed by atoms with Crippen molar-refractivity contribution in [1.82, 2.24) is 10.6 Å². The van der Waals surface area contributed by atoms with Crippen molar-refractivity contribution in [3.63, 3.8) is 0 Å². The normalized spacial score (nSPS) is 20.8. The van der Waals surface area contributed by atoms with Gasteiger partial charge in [-0.2, -0.15) is 0 Å². The fourth-order valence-corrected chi connectivity index (χ4v) is 2.26. The molecule has 0 bridgehead atoms. The van der Waals surface area contributed by atoms with E-state index in [1.807, 2.05) is 0 Å². The summed E-state index contributed by atoms with van der Waals surface area (Å²) in [4.78, 5) is 0. The van der Waals surface area contributed by atoms with Crippen molar-refractivity contribution < 1.29 is 0 Å². The van der Waals surface area contributed by atoms with Gasteiger partial charge in [-0.15, -0.1) is 0 Å². The maximum atomic E-state index is 3.52. The van der Waals surface area contributed by atoms with E-state index in [4.69, 9.17) is 0 Å². The van der Waals surface area contributed by atoms with Crippen molar-refractivity contribution >= 4 is 6.08 Å². The van der Waals surface area contributed by atoms with Gasteiger partial charge in [-0.1, -0.05) is 42.0 Å². The molecule has 0 spiro atoms. The SMILES string of the molecule is C/C(=C\c1ccccc1)CNCC1CCCN1. The van der Waals surface area contributed by atoms with Gasteiger partial charge < -0.3 is 10.6 Å². The van der Waals surface area contributed by atoms with Crippen LogP contribution in [-0.4, -0.2) is 25.7 Å². The lowest BCUT2D eigenvalue weighted by Gasteiger charge is -2.11. The molecule has 1 atom stereocenters. The Bertz CT molecular complexity index is 350. The third-order valence-electron chi connectivity index (χ3n) is 3.17. The van der Waals surface area contributed by atoms with E-state index in [1.54, 1.807) is 0 Å². The largest absolute Gasteiger partial charge is 0.313 e. The minimum Gasteiger partial charge on any atom is -0.313 e. The fraction of sp³-hybridized carbons (Fsp3) is 0.467. The molecule has 1 fully saturated rings. The van der Waals surface area contributed by atoms with Gasteiger partial charge >= 0.3 is 0 Å². The molecule has 0 aliphatic carbocycles. The highest BCUT2D eigenvalue weighted by molar-refractivity contribution is 5.52. The Morgan fingerprint density at radius 3 is 2.94 bits per heavy atom. The van der Waals surface area contributed by atoms with Crippen molar-refractivity contribution in [1.29, 1.82) is 0 Å². The number of hydrogen-bond acceptors (Lipinski definition) is 2. The zero-order valence-corrected chi connectivity index (χ0v) is 10.6. The molecule has 2 nitrogen and oxygen atoms in total. The van der Waals surface area contributed by atoms with Crippen molar-refractivity contribution in [3.05, 3.63) is 41.5 Å². The minimum atomic E-state index is 0.680. The van der Waals surface area contributed by atoms with E-state index >= 15 is 0 Å². The Morgan fingerprint density at radius 2 is 2.24 bits per heavy atom. The maximum absolute atomic E-state index is 3.52. The summed E-state index contributed by atoms with van der Waals surface area (Å²) in [6.07, 6.45) is 4.88. The van der Waals surface area contributed by atoms with Gasteiger partial charge in [-0.05, 0) is 31.9 Å². The van der Waals surface area contributed by atoms with Crippen LogP contribution in [0, 0.1) is 0 Å².